The van der Waals surface area contributed by atoms with Crippen LogP contribution >= 0.6 is 35.6 Å². The summed E-state index contributed by atoms with van der Waals surface area (Å²) < 4.78 is 10.5. The number of hydrogen-bond acceptors (Lipinski definition) is 4. The number of methoxy groups -OCH3 is 2. The van der Waals surface area contributed by atoms with Gasteiger partial charge in [-0.25, -0.2) is 4.99 Å². The van der Waals surface area contributed by atoms with Gasteiger partial charge in [-0.3, -0.25) is 4.79 Å². The van der Waals surface area contributed by atoms with E-state index < -0.39 is 0 Å². The second-order valence-corrected chi connectivity index (χ2v) is 6.41. The number of nitrogens with zero attached hydrogens (tertiary/aromatic N) is 1. The van der Waals surface area contributed by atoms with Crippen molar-refractivity contribution in [3.05, 3.63) is 53.1 Å². The van der Waals surface area contributed by atoms with Crippen LogP contribution in [-0.4, -0.2) is 32.6 Å². The first-order valence-corrected chi connectivity index (χ1v) is 9.19. The molecule has 0 aromatic heterocycles. The monoisotopic (exact) mass is 532 g/mol. The molecule has 158 valence electrons. The molecule has 0 aliphatic heterocycles. The molecule has 0 saturated carbocycles. The van der Waals surface area contributed by atoms with Crippen LogP contribution in [0.2, 0.25) is 5.02 Å². The molecule has 2 rings (SSSR count). The third-order valence-electron chi connectivity index (χ3n) is 3.89. The van der Waals surface area contributed by atoms with E-state index in [1.54, 1.807) is 38.5 Å². The Labute approximate surface area is 193 Å². The van der Waals surface area contributed by atoms with Crippen LogP contribution in [0.1, 0.15) is 18.4 Å². The Hall–Kier alpha value is -2.20. The fraction of sp³-hybridized carbons (Fsp3) is 0.300. The number of carbonyl (C=O) groups is 1. The molecular weight excluding hydrogens is 507 g/mol. The van der Waals surface area contributed by atoms with Crippen molar-refractivity contribution in [2.45, 2.75) is 19.4 Å². The standard InChI is InChI=1S/C20H25ClN4O3.HI/c1-27-17-10-5-14(12-18(17)28-2)13-24-20(22)23-11-3-4-19(26)25-16-8-6-15(21)7-9-16;/h5-10,12H,3-4,11,13H2,1-2H3,(H,25,26)(H3,22,23,24);1H. The van der Waals surface area contributed by atoms with E-state index in [9.17, 15) is 4.79 Å². The highest BCUT2D eigenvalue weighted by Crippen LogP contribution is 2.27. The molecule has 0 heterocycles. The van der Waals surface area contributed by atoms with Crippen molar-refractivity contribution < 1.29 is 14.3 Å². The summed E-state index contributed by atoms with van der Waals surface area (Å²) in [4.78, 5) is 16.2. The Morgan fingerprint density at radius 1 is 1.10 bits per heavy atom. The van der Waals surface area contributed by atoms with Crippen LogP contribution in [-0.2, 0) is 11.3 Å². The summed E-state index contributed by atoms with van der Waals surface area (Å²) in [5.41, 5.74) is 7.54. The van der Waals surface area contributed by atoms with E-state index in [-0.39, 0.29) is 29.9 Å². The summed E-state index contributed by atoms with van der Waals surface area (Å²) in [7, 11) is 3.18. The number of rotatable bonds is 9. The zero-order valence-electron chi connectivity index (χ0n) is 16.4. The van der Waals surface area contributed by atoms with Crippen LogP contribution in [0.15, 0.2) is 47.5 Å². The molecule has 0 saturated heterocycles. The Morgan fingerprint density at radius 2 is 1.79 bits per heavy atom. The number of nitrogens with two attached hydrogens (primary N) is 1. The quantitative estimate of drug-likeness (QED) is 0.198. The smallest absolute Gasteiger partial charge is 0.224 e. The van der Waals surface area contributed by atoms with Crippen molar-refractivity contribution in [3.63, 3.8) is 0 Å². The topological polar surface area (TPSA) is 98.0 Å². The molecule has 0 fully saturated rings. The number of anilines is 1. The highest BCUT2D eigenvalue weighted by atomic mass is 127. The minimum atomic E-state index is -0.0649. The van der Waals surface area contributed by atoms with Gasteiger partial charge in [-0.05, 0) is 48.4 Å². The Morgan fingerprint density at radius 3 is 2.45 bits per heavy atom. The molecule has 0 aliphatic rings. The third kappa shape index (κ3) is 8.78. The van der Waals surface area contributed by atoms with Crippen LogP contribution in [0.5, 0.6) is 11.5 Å². The molecule has 0 bridgehead atoms. The first kappa shape index (κ1) is 24.8. The van der Waals surface area contributed by atoms with E-state index in [2.05, 4.69) is 15.6 Å². The number of ether oxygens (including phenoxy) is 2. The molecule has 0 atom stereocenters. The van der Waals surface area contributed by atoms with E-state index in [4.69, 9.17) is 26.8 Å². The maximum absolute atomic E-state index is 11.9. The SMILES string of the molecule is COc1ccc(CN=C(N)NCCCC(=O)Nc2ccc(Cl)cc2)cc1OC.I. The molecule has 2 aromatic carbocycles. The zero-order chi connectivity index (χ0) is 20.4. The van der Waals surface area contributed by atoms with Crippen molar-refractivity contribution in [3.8, 4) is 11.5 Å². The lowest BCUT2D eigenvalue weighted by molar-refractivity contribution is -0.116. The largest absolute Gasteiger partial charge is 0.493 e. The number of amides is 1. The summed E-state index contributed by atoms with van der Waals surface area (Å²) in [5, 5.41) is 6.45. The first-order chi connectivity index (χ1) is 13.5. The number of guanidine groups is 1. The molecular formula is C20H26ClIN4O3. The minimum Gasteiger partial charge on any atom is -0.493 e. The van der Waals surface area contributed by atoms with Crippen molar-refractivity contribution in [2.24, 2.45) is 10.7 Å². The number of hydrogen-bond donors (Lipinski definition) is 3. The van der Waals surface area contributed by atoms with Gasteiger partial charge in [0.25, 0.3) is 0 Å². The average molecular weight is 533 g/mol. The van der Waals surface area contributed by atoms with Crippen LogP contribution in [0.25, 0.3) is 0 Å². The molecule has 1 amide bonds. The number of nitrogens with one attached hydrogen (secondary N) is 2. The summed E-state index contributed by atoms with van der Waals surface area (Å²) in [6, 6.07) is 12.6. The second-order valence-electron chi connectivity index (χ2n) is 5.98. The highest BCUT2D eigenvalue weighted by molar-refractivity contribution is 14.0. The third-order valence-corrected chi connectivity index (χ3v) is 4.15. The van der Waals surface area contributed by atoms with Gasteiger partial charge in [0, 0.05) is 23.7 Å². The predicted octanol–water partition coefficient (Wildman–Crippen LogP) is 3.80. The number of carbonyl (C=O) groups excluding carboxylic acids is 1. The van der Waals surface area contributed by atoms with E-state index in [0.717, 1.165) is 11.3 Å². The van der Waals surface area contributed by atoms with Crippen molar-refractivity contribution >= 4 is 53.1 Å². The predicted molar refractivity (Wildman–Crippen MR) is 128 cm³/mol. The normalized spacial score (nSPS) is 10.7. The fourth-order valence-corrected chi connectivity index (χ4v) is 2.56. The Bertz CT molecular complexity index is 816. The van der Waals surface area contributed by atoms with E-state index >= 15 is 0 Å². The second kappa shape index (κ2) is 13.1. The van der Waals surface area contributed by atoms with Gasteiger partial charge in [-0.15, -0.1) is 24.0 Å². The van der Waals surface area contributed by atoms with Gasteiger partial charge in [0.1, 0.15) is 0 Å². The maximum atomic E-state index is 11.9. The molecule has 0 unspecified atom stereocenters. The van der Waals surface area contributed by atoms with E-state index in [0.29, 0.717) is 48.4 Å². The number of benzene rings is 2. The molecule has 4 N–H and O–H groups in total. The van der Waals surface area contributed by atoms with Gasteiger partial charge >= 0.3 is 0 Å². The van der Waals surface area contributed by atoms with Crippen molar-refractivity contribution in [2.75, 3.05) is 26.1 Å². The fourth-order valence-electron chi connectivity index (χ4n) is 2.43. The van der Waals surface area contributed by atoms with Crippen LogP contribution in [0.4, 0.5) is 5.69 Å². The van der Waals surface area contributed by atoms with Gasteiger partial charge in [0.05, 0.1) is 20.8 Å². The van der Waals surface area contributed by atoms with Gasteiger partial charge in [0.15, 0.2) is 17.5 Å². The van der Waals surface area contributed by atoms with Crippen LogP contribution in [0.3, 0.4) is 0 Å². The highest BCUT2D eigenvalue weighted by Gasteiger charge is 2.05. The van der Waals surface area contributed by atoms with Gasteiger partial charge in [-0.1, -0.05) is 17.7 Å². The molecule has 0 aliphatic carbocycles. The Balaban J connectivity index is 0.00000420. The van der Waals surface area contributed by atoms with Gasteiger partial charge < -0.3 is 25.8 Å². The summed E-state index contributed by atoms with van der Waals surface area (Å²) in [6.07, 6.45) is 1.00. The zero-order valence-corrected chi connectivity index (χ0v) is 19.5. The van der Waals surface area contributed by atoms with Gasteiger partial charge in [-0.2, -0.15) is 0 Å². The average Bonchev–Trinajstić information content (AvgIpc) is 2.71. The lowest BCUT2D eigenvalue weighted by atomic mass is 10.2. The Kier molecular flexibility index (Phi) is 11.2. The van der Waals surface area contributed by atoms with Crippen molar-refractivity contribution in [1.29, 1.82) is 0 Å². The lowest BCUT2D eigenvalue weighted by Gasteiger charge is -2.09. The molecule has 0 spiro atoms. The molecule has 2 aromatic rings. The summed E-state index contributed by atoms with van der Waals surface area (Å²) >= 11 is 5.82. The van der Waals surface area contributed by atoms with Crippen LogP contribution < -0.4 is 25.8 Å². The van der Waals surface area contributed by atoms with Crippen molar-refractivity contribution in [1.82, 2.24) is 5.32 Å². The maximum Gasteiger partial charge on any atom is 0.224 e. The summed E-state index contributed by atoms with van der Waals surface area (Å²) in [6.45, 7) is 0.964. The van der Waals surface area contributed by atoms with Crippen LogP contribution in [0, 0.1) is 0 Å². The molecule has 29 heavy (non-hydrogen) atoms. The van der Waals surface area contributed by atoms with Gasteiger partial charge in [0.2, 0.25) is 5.91 Å². The molecule has 7 nitrogen and oxygen atoms in total. The summed E-state index contributed by atoms with van der Waals surface area (Å²) in [5.74, 6) is 1.57. The molecule has 9 heteroatoms. The number of halogens is 2. The first-order valence-electron chi connectivity index (χ1n) is 8.82. The van der Waals surface area contributed by atoms with E-state index in [1.807, 2.05) is 18.2 Å². The number of aliphatic imine (C=N–C) groups is 1. The van der Waals surface area contributed by atoms with E-state index in [1.165, 1.54) is 0 Å². The lowest BCUT2D eigenvalue weighted by Crippen LogP contribution is -2.32. The molecule has 0 radical (unpaired) electrons. The minimum absolute atomic E-state index is 0.